The molecule has 1 unspecified atom stereocenters. The molecule has 1 aliphatic rings. The molecule has 0 bridgehead atoms. The highest BCUT2D eigenvalue weighted by Crippen LogP contribution is 2.28. The lowest BCUT2D eigenvalue weighted by Crippen LogP contribution is -2.52. The molecule has 124 valence electrons. The van der Waals surface area contributed by atoms with Gasteiger partial charge in [-0.2, -0.15) is 0 Å². The van der Waals surface area contributed by atoms with Crippen molar-refractivity contribution in [2.75, 3.05) is 11.6 Å². The summed E-state index contributed by atoms with van der Waals surface area (Å²) in [6.07, 6.45) is 6.18. The van der Waals surface area contributed by atoms with Gasteiger partial charge in [0.15, 0.2) is 0 Å². The van der Waals surface area contributed by atoms with E-state index in [9.17, 15) is 9.00 Å². The molecule has 3 N–H and O–H groups in total. The first-order valence-corrected chi connectivity index (χ1v) is 9.20. The van der Waals surface area contributed by atoms with Crippen LogP contribution in [0.3, 0.4) is 0 Å². The van der Waals surface area contributed by atoms with Crippen molar-refractivity contribution in [2.24, 2.45) is 5.73 Å². The van der Waals surface area contributed by atoms with E-state index in [-0.39, 0.29) is 18.3 Å². The smallest absolute Gasteiger partial charge is 0.244 e. The van der Waals surface area contributed by atoms with Gasteiger partial charge < -0.3 is 11.1 Å². The van der Waals surface area contributed by atoms with Gasteiger partial charge in [-0.3, -0.25) is 9.00 Å². The second kappa shape index (κ2) is 8.29. The molecule has 1 amide bonds. The molecule has 7 heteroatoms. The highest BCUT2D eigenvalue weighted by Gasteiger charge is 2.35. The van der Waals surface area contributed by atoms with Crippen LogP contribution < -0.4 is 11.1 Å². The lowest BCUT2D eigenvalue weighted by molar-refractivity contribution is -0.122. The van der Waals surface area contributed by atoms with Crippen LogP contribution in [0.25, 0.3) is 0 Å². The Morgan fingerprint density at radius 3 is 2.59 bits per heavy atom. The molecule has 1 saturated carbocycles. The minimum Gasteiger partial charge on any atom is -0.324 e. The molecule has 4 nitrogen and oxygen atoms in total. The number of amides is 1. The summed E-state index contributed by atoms with van der Waals surface area (Å²) in [5.41, 5.74) is 6.86. The average molecular weight is 365 g/mol. The maximum Gasteiger partial charge on any atom is 0.244 e. The Kier molecular flexibility index (Phi) is 7.32. The first kappa shape index (κ1) is 19.4. The molecule has 22 heavy (non-hydrogen) atoms. The molecule has 1 fully saturated rings. The predicted molar refractivity (Wildman–Crippen MR) is 95.1 cm³/mol. The lowest BCUT2D eigenvalue weighted by atomic mass is 9.82. The molecule has 0 aliphatic heterocycles. The normalized spacial score (nSPS) is 18.1. The standard InChI is InChI=1S/C15H21ClN2O2S.ClH/c1-21(20)10-11-9-12(5-6-13(11)16)18-14(19)15(17)7-3-2-4-8-15;/h5-6,9H,2-4,7-8,10,17H2,1H3,(H,18,19);1H. The Morgan fingerprint density at radius 2 is 2.00 bits per heavy atom. The monoisotopic (exact) mass is 364 g/mol. The third-order valence-electron chi connectivity index (χ3n) is 3.86. The van der Waals surface area contributed by atoms with Gasteiger partial charge in [-0.1, -0.05) is 30.9 Å². The van der Waals surface area contributed by atoms with Crippen LogP contribution >= 0.6 is 24.0 Å². The topological polar surface area (TPSA) is 72.2 Å². The number of rotatable bonds is 4. The van der Waals surface area contributed by atoms with Crippen LogP contribution in [0.1, 0.15) is 37.7 Å². The van der Waals surface area contributed by atoms with E-state index in [1.807, 2.05) is 0 Å². The van der Waals surface area contributed by atoms with Crippen molar-refractivity contribution in [3.8, 4) is 0 Å². The number of benzene rings is 1. The van der Waals surface area contributed by atoms with Gasteiger partial charge in [0.25, 0.3) is 0 Å². The molecule has 0 heterocycles. The molecule has 0 saturated heterocycles. The minimum absolute atomic E-state index is 0. The number of carbonyl (C=O) groups excluding carboxylic acids is 1. The highest BCUT2D eigenvalue weighted by atomic mass is 35.5. The van der Waals surface area contributed by atoms with Gasteiger partial charge in [-0.05, 0) is 36.6 Å². The zero-order valence-corrected chi connectivity index (χ0v) is 15.0. The van der Waals surface area contributed by atoms with Gasteiger partial charge in [0.2, 0.25) is 5.91 Å². The average Bonchev–Trinajstić information content (AvgIpc) is 2.43. The fourth-order valence-corrected chi connectivity index (χ4v) is 3.59. The maximum absolute atomic E-state index is 12.4. The molecule has 0 aromatic heterocycles. The molecule has 1 aromatic rings. The Hall–Kier alpha value is -0.620. The Balaban J connectivity index is 0.00000242. The summed E-state index contributed by atoms with van der Waals surface area (Å²) < 4.78 is 11.3. The van der Waals surface area contributed by atoms with E-state index in [0.717, 1.165) is 37.7 Å². The van der Waals surface area contributed by atoms with E-state index >= 15 is 0 Å². The predicted octanol–water partition coefficient (Wildman–Crippen LogP) is 3.24. The summed E-state index contributed by atoms with van der Waals surface area (Å²) in [7, 11) is -0.982. The van der Waals surface area contributed by atoms with Crippen molar-refractivity contribution in [2.45, 2.75) is 43.4 Å². The van der Waals surface area contributed by atoms with E-state index in [2.05, 4.69) is 5.32 Å². The summed E-state index contributed by atoms with van der Waals surface area (Å²) in [6, 6.07) is 5.23. The molecular weight excluding hydrogens is 343 g/mol. The first-order valence-electron chi connectivity index (χ1n) is 7.09. The van der Waals surface area contributed by atoms with Crippen molar-refractivity contribution in [1.82, 2.24) is 0 Å². The molecule has 1 atom stereocenters. The van der Waals surface area contributed by atoms with Crippen molar-refractivity contribution in [1.29, 1.82) is 0 Å². The summed E-state index contributed by atoms with van der Waals surface area (Å²) in [5.74, 6) is 0.226. The Labute approximate surface area is 145 Å². The van der Waals surface area contributed by atoms with Gasteiger partial charge in [-0.15, -0.1) is 12.4 Å². The quantitative estimate of drug-likeness (QED) is 0.860. The largest absolute Gasteiger partial charge is 0.324 e. The van der Waals surface area contributed by atoms with Crippen molar-refractivity contribution >= 4 is 46.4 Å². The summed E-state index contributed by atoms with van der Waals surface area (Å²) in [4.78, 5) is 12.4. The van der Waals surface area contributed by atoms with Crippen molar-refractivity contribution < 1.29 is 9.00 Å². The molecule has 0 radical (unpaired) electrons. The number of nitrogens with two attached hydrogens (primary N) is 1. The molecule has 2 rings (SSSR count). The Bertz CT molecular complexity index is 560. The van der Waals surface area contributed by atoms with E-state index in [4.69, 9.17) is 17.3 Å². The fourth-order valence-electron chi connectivity index (χ4n) is 2.65. The van der Waals surface area contributed by atoms with Crippen molar-refractivity contribution in [3.63, 3.8) is 0 Å². The number of halogens is 2. The third kappa shape index (κ3) is 4.95. The molecule has 1 aliphatic carbocycles. The van der Waals surface area contributed by atoms with Crippen LogP contribution in [0.15, 0.2) is 18.2 Å². The first-order chi connectivity index (χ1) is 9.90. The van der Waals surface area contributed by atoms with Crippen LogP contribution in [0.5, 0.6) is 0 Å². The van der Waals surface area contributed by atoms with Gasteiger partial charge in [0, 0.05) is 33.5 Å². The third-order valence-corrected chi connectivity index (χ3v) is 4.95. The highest BCUT2D eigenvalue weighted by molar-refractivity contribution is 7.83. The number of hydrogen-bond acceptors (Lipinski definition) is 3. The summed E-state index contributed by atoms with van der Waals surface area (Å²) in [5, 5.41) is 3.43. The number of nitrogens with one attached hydrogen (secondary N) is 1. The van der Waals surface area contributed by atoms with E-state index in [1.165, 1.54) is 0 Å². The SMILES string of the molecule is CS(=O)Cc1cc(NC(=O)C2(N)CCCCC2)ccc1Cl.Cl. The minimum atomic E-state index is -0.982. The zero-order valence-electron chi connectivity index (χ0n) is 12.6. The number of carbonyl (C=O) groups is 1. The van der Waals surface area contributed by atoms with Crippen LogP contribution in [0.4, 0.5) is 5.69 Å². The Morgan fingerprint density at radius 1 is 1.36 bits per heavy atom. The molecular formula is C15H22Cl2N2O2S. The summed E-state index contributed by atoms with van der Waals surface area (Å²) in [6.45, 7) is 0. The molecule has 0 spiro atoms. The van der Waals surface area contributed by atoms with Gasteiger partial charge in [0.05, 0.1) is 5.54 Å². The van der Waals surface area contributed by atoms with Crippen LogP contribution in [0.2, 0.25) is 5.02 Å². The van der Waals surface area contributed by atoms with Crippen molar-refractivity contribution in [3.05, 3.63) is 28.8 Å². The number of anilines is 1. The van der Waals surface area contributed by atoms with Crippen LogP contribution in [-0.4, -0.2) is 21.9 Å². The van der Waals surface area contributed by atoms with Gasteiger partial charge in [0.1, 0.15) is 0 Å². The maximum atomic E-state index is 12.4. The van der Waals surface area contributed by atoms with E-state index < -0.39 is 16.3 Å². The zero-order chi connectivity index (χ0) is 15.5. The molecule has 1 aromatic carbocycles. The lowest BCUT2D eigenvalue weighted by Gasteiger charge is -2.31. The second-order valence-corrected chi connectivity index (χ2v) is 7.54. The van der Waals surface area contributed by atoms with E-state index in [1.54, 1.807) is 24.5 Å². The fraction of sp³-hybridized carbons (Fsp3) is 0.533. The number of hydrogen-bond donors (Lipinski definition) is 2. The van der Waals surface area contributed by atoms with Gasteiger partial charge in [-0.25, -0.2) is 0 Å². The summed E-state index contributed by atoms with van der Waals surface area (Å²) >= 11 is 6.08. The van der Waals surface area contributed by atoms with Crippen LogP contribution in [-0.2, 0) is 21.3 Å². The van der Waals surface area contributed by atoms with E-state index in [0.29, 0.717) is 16.5 Å². The second-order valence-electron chi connectivity index (χ2n) is 5.69. The van der Waals surface area contributed by atoms with Crippen LogP contribution in [0, 0.1) is 0 Å². The van der Waals surface area contributed by atoms with Gasteiger partial charge >= 0.3 is 0 Å².